The van der Waals surface area contributed by atoms with E-state index in [-0.39, 0.29) is 0 Å². The summed E-state index contributed by atoms with van der Waals surface area (Å²) in [5, 5.41) is 11.8. The van der Waals surface area contributed by atoms with E-state index in [1.807, 2.05) is 42.5 Å². The molecule has 0 amide bonds. The Labute approximate surface area is 192 Å². The highest BCUT2D eigenvalue weighted by Crippen LogP contribution is 2.32. The van der Waals surface area contributed by atoms with Gasteiger partial charge < -0.3 is 15.6 Å². The first kappa shape index (κ1) is 22.7. The normalized spacial score (nSPS) is 10.2. The predicted octanol–water partition coefficient (Wildman–Crippen LogP) is 5.02. The highest BCUT2D eigenvalue weighted by molar-refractivity contribution is 9.10. The standard InChI is InChI=1S/C21H16BrN5O.C2H4O2/c1-3-28-13(2)19-18(22)20(23)27-21(26-19)16(12-25-27)15-9-10-17(24-11-15)14-7-5-4-6-8-14;1-2(3)4/h3-12H,1-2,23H2;1H3,(H,3,4). The Morgan fingerprint density at radius 1 is 1.19 bits per heavy atom. The van der Waals surface area contributed by atoms with E-state index in [1.54, 1.807) is 16.9 Å². The maximum absolute atomic E-state index is 9.00. The molecule has 8 nitrogen and oxygen atoms in total. The summed E-state index contributed by atoms with van der Waals surface area (Å²) in [6.07, 6.45) is 4.81. The predicted molar refractivity (Wildman–Crippen MR) is 127 cm³/mol. The molecule has 0 fully saturated rings. The summed E-state index contributed by atoms with van der Waals surface area (Å²) in [6.45, 7) is 8.50. The average molecular weight is 494 g/mol. The van der Waals surface area contributed by atoms with E-state index in [4.69, 9.17) is 20.4 Å². The molecule has 0 radical (unpaired) electrons. The van der Waals surface area contributed by atoms with Gasteiger partial charge >= 0.3 is 0 Å². The molecule has 0 aliphatic rings. The van der Waals surface area contributed by atoms with Gasteiger partial charge in [0.1, 0.15) is 17.3 Å². The van der Waals surface area contributed by atoms with Crippen LogP contribution in [0.4, 0.5) is 5.82 Å². The number of aliphatic carboxylic acids is 1. The Kier molecular flexibility index (Phi) is 7.01. The van der Waals surface area contributed by atoms with Crippen molar-refractivity contribution in [3.63, 3.8) is 0 Å². The third kappa shape index (κ3) is 4.84. The van der Waals surface area contributed by atoms with E-state index < -0.39 is 5.97 Å². The molecule has 162 valence electrons. The summed E-state index contributed by atoms with van der Waals surface area (Å²) in [7, 11) is 0. The molecule has 3 N–H and O–H groups in total. The molecule has 4 aromatic rings. The summed E-state index contributed by atoms with van der Waals surface area (Å²) in [5.41, 5.74) is 10.9. The number of rotatable bonds is 5. The monoisotopic (exact) mass is 493 g/mol. The molecule has 3 aromatic heterocycles. The molecule has 4 rings (SSSR count). The van der Waals surface area contributed by atoms with E-state index in [1.165, 1.54) is 6.26 Å². The number of hydrogen-bond acceptors (Lipinski definition) is 6. The fourth-order valence-electron chi connectivity index (χ4n) is 2.87. The Morgan fingerprint density at radius 2 is 1.88 bits per heavy atom. The largest absolute Gasteiger partial charge is 0.481 e. The highest BCUT2D eigenvalue weighted by atomic mass is 79.9. The quantitative estimate of drug-likeness (QED) is 0.374. The lowest BCUT2D eigenvalue weighted by molar-refractivity contribution is -0.134. The van der Waals surface area contributed by atoms with E-state index in [9.17, 15) is 0 Å². The lowest BCUT2D eigenvalue weighted by Gasteiger charge is -2.10. The van der Waals surface area contributed by atoms with Crippen molar-refractivity contribution in [3.05, 3.63) is 84.4 Å². The third-order valence-electron chi connectivity index (χ3n) is 4.26. The van der Waals surface area contributed by atoms with Crippen LogP contribution in [-0.4, -0.2) is 30.7 Å². The molecule has 0 saturated heterocycles. The van der Waals surface area contributed by atoms with E-state index in [0.717, 1.165) is 29.3 Å². The molecule has 9 heteroatoms. The summed E-state index contributed by atoms with van der Waals surface area (Å²) < 4.78 is 7.40. The van der Waals surface area contributed by atoms with Crippen molar-refractivity contribution >= 4 is 39.1 Å². The number of benzene rings is 1. The number of ether oxygens (including phenoxy) is 1. The molecule has 0 aliphatic heterocycles. The topological polar surface area (TPSA) is 116 Å². The number of carbonyl (C=O) groups is 1. The van der Waals surface area contributed by atoms with Crippen LogP contribution in [0.1, 0.15) is 12.6 Å². The number of carboxylic acids is 1. The van der Waals surface area contributed by atoms with Gasteiger partial charge in [0.25, 0.3) is 5.97 Å². The van der Waals surface area contributed by atoms with E-state index in [2.05, 4.69) is 44.2 Å². The first-order valence-electron chi connectivity index (χ1n) is 9.34. The van der Waals surface area contributed by atoms with Crippen LogP contribution < -0.4 is 5.73 Å². The zero-order valence-electron chi connectivity index (χ0n) is 17.2. The summed E-state index contributed by atoms with van der Waals surface area (Å²) in [6, 6.07) is 14.0. The molecule has 0 saturated carbocycles. The van der Waals surface area contributed by atoms with Gasteiger partial charge in [-0.25, -0.2) is 4.98 Å². The van der Waals surface area contributed by atoms with Crippen molar-refractivity contribution in [3.8, 4) is 22.4 Å². The molecule has 0 spiro atoms. The molecule has 3 heterocycles. The molecule has 0 bridgehead atoms. The van der Waals surface area contributed by atoms with Gasteiger partial charge in [-0.2, -0.15) is 9.61 Å². The van der Waals surface area contributed by atoms with Crippen LogP contribution in [0.2, 0.25) is 0 Å². The van der Waals surface area contributed by atoms with Crippen molar-refractivity contribution in [2.24, 2.45) is 0 Å². The van der Waals surface area contributed by atoms with Crippen LogP contribution in [0, 0.1) is 0 Å². The SMILES string of the molecule is C=COC(=C)c1nc2c(-c3ccc(-c4ccccc4)nc3)cnn2c(N)c1Br.CC(=O)O. The molecule has 1 aromatic carbocycles. The maximum Gasteiger partial charge on any atom is 0.300 e. The number of nitrogens with zero attached hydrogens (tertiary/aromatic N) is 4. The van der Waals surface area contributed by atoms with Gasteiger partial charge in [0.15, 0.2) is 5.65 Å². The first-order valence-corrected chi connectivity index (χ1v) is 10.1. The number of fused-ring (bicyclic) bond motifs is 1. The smallest absolute Gasteiger partial charge is 0.300 e. The van der Waals surface area contributed by atoms with Crippen molar-refractivity contribution in [1.29, 1.82) is 0 Å². The minimum Gasteiger partial charge on any atom is -0.481 e. The van der Waals surface area contributed by atoms with Gasteiger partial charge in [0, 0.05) is 29.8 Å². The number of nitrogens with two attached hydrogens (primary N) is 1. The summed E-state index contributed by atoms with van der Waals surface area (Å²) >= 11 is 3.44. The third-order valence-corrected chi connectivity index (χ3v) is 5.04. The van der Waals surface area contributed by atoms with Gasteiger partial charge in [-0.05, 0) is 22.0 Å². The number of pyridine rings is 1. The minimum absolute atomic E-state index is 0.334. The van der Waals surface area contributed by atoms with Gasteiger partial charge in [-0.15, -0.1) is 0 Å². The van der Waals surface area contributed by atoms with Crippen molar-refractivity contribution < 1.29 is 14.6 Å². The molecule has 32 heavy (non-hydrogen) atoms. The van der Waals surface area contributed by atoms with Gasteiger partial charge in [0.05, 0.1) is 22.6 Å². The molecule has 0 atom stereocenters. The highest BCUT2D eigenvalue weighted by Gasteiger charge is 2.18. The van der Waals surface area contributed by atoms with Crippen LogP contribution in [0.25, 0.3) is 33.8 Å². The summed E-state index contributed by atoms with van der Waals surface area (Å²) in [4.78, 5) is 18.2. The Bertz CT molecular complexity index is 1280. The first-order chi connectivity index (χ1) is 15.3. The number of nitrogen functional groups attached to an aromatic ring is 1. The lowest BCUT2D eigenvalue weighted by Crippen LogP contribution is -2.05. The van der Waals surface area contributed by atoms with Crippen molar-refractivity contribution in [2.75, 3.05) is 5.73 Å². The second-order valence-electron chi connectivity index (χ2n) is 6.48. The van der Waals surface area contributed by atoms with Crippen molar-refractivity contribution in [2.45, 2.75) is 6.92 Å². The van der Waals surface area contributed by atoms with Gasteiger partial charge in [0.2, 0.25) is 0 Å². The zero-order chi connectivity index (χ0) is 23.3. The lowest BCUT2D eigenvalue weighted by atomic mass is 10.1. The molecular weight excluding hydrogens is 474 g/mol. The minimum atomic E-state index is -0.833. The zero-order valence-corrected chi connectivity index (χ0v) is 18.8. The molecular formula is C23H20BrN5O3. The number of hydrogen-bond donors (Lipinski definition) is 2. The fraction of sp³-hybridized carbons (Fsp3) is 0.0435. The van der Waals surface area contributed by atoms with Crippen LogP contribution in [0.15, 0.2) is 78.8 Å². The van der Waals surface area contributed by atoms with Crippen LogP contribution >= 0.6 is 15.9 Å². The Hall–Kier alpha value is -3.98. The number of anilines is 1. The van der Waals surface area contributed by atoms with E-state index >= 15 is 0 Å². The van der Waals surface area contributed by atoms with Crippen LogP contribution in [-0.2, 0) is 9.53 Å². The second-order valence-corrected chi connectivity index (χ2v) is 7.27. The van der Waals surface area contributed by atoms with Crippen LogP contribution in [0.5, 0.6) is 0 Å². The maximum atomic E-state index is 9.00. The number of carboxylic acid groups (broad SMARTS) is 1. The van der Waals surface area contributed by atoms with Crippen molar-refractivity contribution in [1.82, 2.24) is 19.6 Å². The van der Waals surface area contributed by atoms with Crippen LogP contribution in [0.3, 0.4) is 0 Å². The fourth-order valence-corrected chi connectivity index (χ4v) is 3.35. The van der Waals surface area contributed by atoms with Gasteiger partial charge in [-0.1, -0.05) is 49.6 Å². The molecule has 0 aliphatic carbocycles. The molecule has 0 unspecified atom stereocenters. The Balaban J connectivity index is 0.000000668. The average Bonchev–Trinajstić information content (AvgIpc) is 3.21. The second kappa shape index (κ2) is 9.88. The summed E-state index contributed by atoms with van der Waals surface area (Å²) in [5.74, 6) is -0.102. The van der Waals surface area contributed by atoms with Gasteiger partial charge in [-0.3, -0.25) is 9.78 Å². The Morgan fingerprint density at radius 3 is 2.47 bits per heavy atom. The van der Waals surface area contributed by atoms with E-state index in [0.29, 0.717) is 27.4 Å². The number of aromatic nitrogens is 4. The number of halogens is 1.